The Balaban J connectivity index is 1.34. The van der Waals surface area contributed by atoms with Gasteiger partial charge in [-0.2, -0.15) is 0 Å². The van der Waals surface area contributed by atoms with Gasteiger partial charge in [-0.15, -0.1) is 0 Å². The molecule has 4 rings (SSSR count). The maximum atomic E-state index is 12.9. The third-order valence-corrected chi connectivity index (χ3v) is 6.29. The van der Waals surface area contributed by atoms with E-state index in [9.17, 15) is 19.2 Å². The van der Waals surface area contributed by atoms with Gasteiger partial charge in [0.15, 0.2) is 0 Å². The van der Waals surface area contributed by atoms with Crippen molar-refractivity contribution in [2.24, 2.45) is 5.92 Å². The van der Waals surface area contributed by atoms with Gasteiger partial charge in [0.05, 0.1) is 11.1 Å². The van der Waals surface area contributed by atoms with E-state index in [-0.39, 0.29) is 29.9 Å². The molecule has 0 spiro atoms. The molecule has 3 aliphatic rings. The highest BCUT2D eigenvalue weighted by Crippen LogP contribution is 2.30. The third-order valence-electron chi connectivity index (χ3n) is 6.29. The first-order chi connectivity index (χ1) is 15.0. The lowest BCUT2D eigenvalue weighted by molar-refractivity contribution is -0.136. The number of carbonyl (C=O) groups is 4. The normalized spacial score (nSPS) is 22.6. The highest BCUT2D eigenvalue weighted by Gasteiger charge is 2.44. The number of nitrogens with zero attached hydrogens (tertiary/aromatic N) is 2. The maximum absolute atomic E-state index is 12.9. The summed E-state index contributed by atoms with van der Waals surface area (Å²) in [4.78, 5) is 52.4. The van der Waals surface area contributed by atoms with Crippen LogP contribution in [0.2, 0.25) is 0 Å². The predicted molar refractivity (Wildman–Crippen MR) is 112 cm³/mol. The number of rotatable bonds is 7. The van der Waals surface area contributed by atoms with Crippen LogP contribution in [-0.4, -0.2) is 79.3 Å². The summed E-state index contributed by atoms with van der Waals surface area (Å²) in [7, 11) is 1.99. The van der Waals surface area contributed by atoms with Crippen molar-refractivity contribution in [3.63, 3.8) is 0 Å². The van der Waals surface area contributed by atoms with Crippen LogP contribution in [0.4, 0.5) is 0 Å². The molecule has 1 aromatic carbocycles. The fourth-order valence-electron chi connectivity index (χ4n) is 4.54. The molecule has 1 atom stereocenters. The molecule has 31 heavy (non-hydrogen) atoms. The number of carbonyl (C=O) groups excluding carboxylic acids is 4. The van der Waals surface area contributed by atoms with Gasteiger partial charge in [-0.05, 0) is 70.1 Å². The van der Waals surface area contributed by atoms with Gasteiger partial charge in [0.25, 0.3) is 11.8 Å². The molecule has 2 fully saturated rings. The predicted octanol–water partition coefficient (Wildman–Crippen LogP) is 0.398. The van der Waals surface area contributed by atoms with Crippen molar-refractivity contribution in [2.45, 2.75) is 31.7 Å². The number of likely N-dealkylation sites (tertiary alicyclic amines) is 1. The zero-order valence-corrected chi connectivity index (χ0v) is 17.7. The standard InChI is InChI=1S/C22H28N4O5/c1-23-13-14-6-8-25(9-7-14)10-11-31-15-2-3-16-17(12-15)22(30)26(21(16)29)18-4-5-19(27)24-20(18)28/h2-3,12,14,18,23H,4-11,13H2,1H3,(H,24,27,28). The minimum atomic E-state index is -0.958. The van der Waals surface area contributed by atoms with Gasteiger partial charge >= 0.3 is 0 Å². The Kier molecular flexibility index (Phi) is 6.33. The molecule has 3 heterocycles. The minimum absolute atomic E-state index is 0.102. The molecule has 0 aromatic heterocycles. The number of hydrogen-bond donors (Lipinski definition) is 2. The molecule has 0 saturated carbocycles. The number of piperidine rings is 2. The summed E-state index contributed by atoms with van der Waals surface area (Å²) in [5, 5.41) is 5.43. The van der Waals surface area contributed by atoms with E-state index in [4.69, 9.17) is 4.74 Å². The van der Waals surface area contributed by atoms with Crippen LogP contribution in [-0.2, 0) is 9.59 Å². The maximum Gasteiger partial charge on any atom is 0.262 e. The van der Waals surface area contributed by atoms with E-state index in [1.165, 1.54) is 12.8 Å². The van der Waals surface area contributed by atoms with E-state index in [0.717, 1.165) is 37.0 Å². The highest BCUT2D eigenvalue weighted by atomic mass is 16.5. The number of ether oxygens (including phenoxy) is 1. The summed E-state index contributed by atoms with van der Waals surface area (Å²) in [6, 6.07) is 3.86. The SMILES string of the molecule is CNCC1CCN(CCOc2ccc3c(c2)C(=O)N(C2CCC(=O)NC2=O)C3=O)CC1. The Hall–Kier alpha value is -2.78. The van der Waals surface area contributed by atoms with Crippen LogP contribution in [0, 0.1) is 5.92 Å². The lowest BCUT2D eigenvalue weighted by Crippen LogP contribution is -2.54. The quantitative estimate of drug-likeness (QED) is 0.605. The van der Waals surface area contributed by atoms with Gasteiger partial charge in [-0.25, -0.2) is 0 Å². The van der Waals surface area contributed by atoms with Gasteiger partial charge < -0.3 is 10.1 Å². The topological polar surface area (TPSA) is 108 Å². The molecule has 2 N–H and O–H groups in total. The second kappa shape index (κ2) is 9.15. The van der Waals surface area contributed by atoms with E-state index in [2.05, 4.69) is 15.5 Å². The first kappa shape index (κ1) is 21.5. The van der Waals surface area contributed by atoms with Crippen LogP contribution < -0.4 is 15.4 Å². The number of nitrogens with one attached hydrogen (secondary N) is 2. The molecule has 0 radical (unpaired) electrons. The summed E-state index contributed by atoms with van der Waals surface area (Å²) in [5.74, 6) is -0.776. The Morgan fingerprint density at radius 3 is 2.52 bits per heavy atom. The number of benzene rings is 1. The Labute approximate surface area is 181 Å². The number of amides is 4. The van der Waals surface area contributed by atoms with Crippen molar-refractivity contribution >= 4 is 23.6 Å². The minimum Gasteiger partial charge on any atom is -0.492 e. The molecule has 0 aliphatic carbocycles. The monoisotopic (exact) mass is 428 g/mol. The van der Waals surface area contributed by atoms with Gasteiger partial charge in [-0.1, -0.05) is 0 Å². The Morgan fingerprint density at radius 1 is 1.06 bits per heavy atom. The van der Waals surface area contributed by atoms with Crippen LogP contribution in [0.15, 0.2) is 18.2 Å². The summed E-state index contributed by atoms with van der Waals surface area (Å²) < 4.78 is 5.85. The van der Waals surface area contributed by atoms with Crippen molar-refractivity contribution in [3.05, 3.63) is 29.3 Å². The van der Waals surface area contributed by atoms with Crippen molar-refractivity contribution in [1.29, 1.82) is 0 Å². The number of fused-ring (bicyclic) bond motifs is 1. The Bertz CT molecular complexity index is 894. The van der Waals surface area contributed by atoms with Crippen LogP contribution in [0.3, 0.4) is 0 Å². The van der Waals surface area contributed by atoms with Gasteiger partial charge in [0.2, 0.25) is 11.8 Å². The van der Waals surface area contributed by atoms with Crippen molar-refractivity contribution in [1.82, 2.24) is 20.4 Å². The fraction of sp³-hybridized carbons (Fsp3) is 0.545. The molecule has 9 heteroatoms. The smallest absolute Gasteiger partial charge is 0.262 e. The molecule has 4 amide bonds. The van der Waals surface area contributed by atoms with E-state index in [0.29, 0.717) is 12.4 Å². The summed E-state index contributed by atoms with van der Waals surface area (Å²) in [6.07, 6.45) is 2.59. The average Bonchev–Trinajstić information content (AvgIpc) is 3.00. The van der Waals surface area contributed by atoms with Crippen LogP contribution in [0.25, 0.3) is 0 Å². The van der Waals surface area contributed by atoms with Crippen LogP contribution >= 0.6 is 0 Å². The van der Waals surface area contributed by atoms with Crippen LogP contribution in [0.5, 0.6) is 5.75 Å². The number of imide groups is 2. The molecule has 166 valence electrons. The molecule has 1 unspecified atom stereocenters. The van der Waals surface area contributed by atoms with E-state index < -0.39 is 23.8 Å². The first-order valence-corrected chi connectivity index (χ1v) is 10.8. The van der Waals surface area contributed by atoms with Crippen molar-refractivity contribution in [3.8, 4) is 5.75 Å². The molecule has 9 nitrogen and oxygen atoms in total. The summed E-state index contributed by atoms with van der Waals surface area (Å²) in [6.45, 7) is 4.46. The Morgan fingerprint density at radius 2 is 1.81 bits per heavy atom. The van der Waals surface area contributed by atoms with Crippen molar-refractivity contribution in [2.75, 3.05) is 39.8 Å². The summed E-state index contributed by atoms with van der Waals surface area (Å²) >= 11 is 0. The average molecular weight is 428 g/mol. The molecular weight excluding hydrogens is 400 g/mol. The second-order valence-electron chi connectivity index (χ2n) is 8.35. The first-order valence-electron chi connectivity index (χ1n) is 10.8. The molecule has 1 aromatic rings. The molecule has 3 aliphatic heterocycles. The molecule has 0 bridgehead atoms. The lowest BCUT2D eigenvalue weighted by atomic mass is 9.97. The second-order valence-corrected chi connectivity index (χ2v) is 8.35. The van der Waals surface area contributed by atoms with E-state index >= 15 is 0 Å². The lowest BCUT2D eigenvalue weighted by Gasteiger charge is -2.31. The van der Waals surface area contributed by atoms with E-state index in [1.54, 1.807) is 18.2 Å². The van der Waals surface area contributed by atoms with Crippen molar-refractivity contribution < 1.29 is 23.9 Å². The largest absolute Gasteiger partial charge is 0.492 e. The molecular formula is C22H28N4O5. The van der Waals surface area contributed by atoms with Gasteiger partial charge in [0.1, 0.15) is 18.4 Å². The van der Waals surface area contributed by atoms with Gasteiger partial charge in [-0.3, -0.25) is 34.3 Å². The van der Waals surface area contributed by atoms with E-state index in [1.807, 2.05) is 7.05 Å². The van der Waals surface area contributed by atoms with Gasteiger partial charge in [0, 0.05) is 13.0 Å². The zero-order chi connectivity index (χ0) is 22.0. The van der Waals surface area contributed by atoms with Crippen LogP contribution in [0.1, 0.15) is 46.4 Å². The zero-order valence-electron chi connectivity index (χ0n) is 17.7. The summed E-state index contributed by atoms with van der Waals surface area (Å²) in [5.41, 5.74) is 0.494. The number of hydrogen-bond acceptors (Lipinski definition) is 7. The molecule has 2 saturated heterocycles. The third kappa shape index (κ3) is 4.47. The fourth-order valence-corrected chi connectivity index (χ4v) is 4.54. The highest BCUT2D eigenvalue weighted by molar-refractivity contribution is 6.23.